The maximum absolute atomic E-state index is 12.4. The average molecular weight is 326 g/mol. The molecule has 4 rings (SSSR count). The van der Waals surface area contributed by atoms with E-state index in [1.165, 1.54) is 11.3 Å². The zero-order valence-corrected chi connectivity index (χ0v) is 13.0. The largest absolute Gasteiger partial charge is 0.361 e. The van der Waals surface area contributed by atoms with Crippen LogP contribution >= 0.6 is 11.3 Å². The number of aromatic nitrogens is 2. The second-order valence-corrected chi connectivity index (χ2v) is 6.39. The summed E-state index contributed by atoms with van der Waals surface area (Å²) in [4.78, 5) is 32.4. The van der Waals surface area contributed by atoms with Gasteiger partial charge in [0.2, 0.25) is 0 Å². The molecule has 2 amide bonds. The van der Waals surface area contributed by atoms with E-state index in [1.54, 1.807) is 6.07 Å². The van der Waals surface area contributed by atoms with Gasteiger partial charge in [0, 0.05) is 29.2 Å². The van der Waals surface area contributed by atoms with Crippen LogP contribution < -0.4 is 10.6 Å². The van der Waals surface area contributed by atoms with E-state index in [2.05, 4.69) is 20.6 Å². The van der Waals surface area contributed by atoms with Gasteiger partial charge in [0.15, 0.2) is 5.13 Å². The minimum atomic E-state index is -0.225. The first kappa shape index (κ1) is 14.0. The molecule has 0 atom stereocenters. The molecule has 2 aromatic heterocycles. The van der Waals surface area contributed by atoms with Gasteiger partial charge in [-0.25, -0.2) is 4.98 Å². The summed E-state index contributed by atoms with van der Waals surface area (Å²) >= 11 is 1.22. The van der Waals surface area contributed by atoms with E-state index in [4.69, 9.17) is 0 Å². The van der Waals surface area contributed by atoms with Crippen molar-refractivity contribution >= 4 is 39.2 Å². The fraction of sp³-hybridized carbons (Fsp3) is 0.188. The van der Waals surface area contributed by atoms with Crippen LogP contribution in [0.15, 0.2) is 30.5 Å². The number of fused-ring (bicyclic) bond motifs is 2. The van der Waals surface area contributed by atoms with Crippen molar-refractivity contribution in [1.82, 2.24) is 15.3 Å². The highest BCUT2D eigenvalue weighted by Crippen LogP contribution is 2.26. The number of aryl methyl sites for hydroxylation is 1. The normalized spacial score (nSPS) is 14.2. The summed E-state index contributed by atoms with van der Waals surface area (Å²) in [6.07, 6.45) is 3.44. The highest BCUT2D eigenvalue weighted by molar-refractivity contribution is 7.17. The molecule has 7 heteroatoms. The van der Waals surface area contributed by atoms with E-state index in [9.17, 15) is 9.59 Å². The third-order valence-electron chi connectivity index (χ3n) is 3.82. The van der Waals surface area contributed by atoms with Gasteiger partial charge in [-0.2, -0.15) is 0 Å². The molecule has 0 spiro atoms. The summed E-state index contributed by atoms with van der Waals surface area (Å²) in [6.45, 7) is 0.667. The third-order valence-corrected chi connectivity index (χ3v) is 4.83. The number of aromatic amines is 1. The Morgan fingerprint density at radius 3 is 3.13 bits per heavy atom. The van der Waals surface area contributed by atoms with E-state index < -0.39 is 0 Å². The Balaban J connectivity index is 1.59. The van der Waals surface area contributed by atoms with Gasteiger partial charge in [0.05, 0.1) is 5.69 Å². The predicted octanol–water partition coefficient (Wildman–Crippen LogP) is 2.55. The van der Waals surface area contributed by atoms with Gasteiger partial charge < -0.3 is 10.3 Å². The Morgan fingerprint density at radius 1 is 1.30 bits per heavy atom. The molecule has 1 aliphatic heterocycles. The average Bonchev–Trinajstić information content (AvgIpc) is 3.13. The second kappa shape index (κ2) is 5.51. The first-order valence-corrected chi connectivity index (χ1v) is 8.19. The Bertz CT molecular complexity index is 912. The van der Waals surface area contributed by atoms with Crippen molar-refractivity contribution in [2.24, 2.45) is 0 Å². The Labute approximate surface area is 135 Å². The first-order chi connectivity index (χ1) is 11.2. The molecule has 0 fully saturated rings. The van der Waals surface area contributed by atoms with Crippen LogP contribution in [-0.4, -0.2) is 28.3 Å². The minimum Gasteiger partial charge on any atom is -0.361 e. The number of nitrogens with zero attached hydrogens (tertiary/aromatic N) is 1. The fourth-order valence-corrected chi connectivity index (χ4v) is 3.58. The fourth-order valence-electron chi connectivity index (χ4n) is 2.65. The molecular formula is C16H14N4O2S. The van der Waals surface area contributed by atoms with E-state index in [0.29, 0.717) is 22.1 Å². The van der Waals surface area contributed by atoms with Gasteiger partial charge in [0.1, 0.15) is 4.88 Å². The molecule has 23 heavy (non-hydrogen) atoms. The quantitative estimate of drug-likeness (QED) is 0.676. The number of benzene rings is 1. The number of H-pyrrole nitrogens is 1. The van der Waals surface area contributed by atoms with Crippen LogP contribution in [0.25, 0.3) is 10.9 Å². The second-order valence-electron chi connectivity index (χ2n) is 5.39. The standard InChI is InChI=1S/C16H14N4O2S/c21-14(10-3-4-11-9(8-10)5-7-17-11)20-16-19-12-2-1-6-18-15(22)13(12)23-16/h3-5,7-8,17H,1-2,6H2,(H,18,22)(H,19,20,21). The SMILES string of the molecule is O=C(Nc1nc2c(s1)C(=O)NCCC2)c1ccc2[nH]ccc2c1. The van der Waals surface area contributed by atoms with Gasteiger partial charge in [-0.1, -0.05) is 11.3 Å². The van der Waals surface area contributed by atoms with E-state index in [0.717, 1.165) is 29.4 Å². The molecule has 0 saturated heterocycles. The van der Waals surface area contributed by atoms with Crippen molar-refractivity contribution in [3.05, 3.63) is 46.6 Å². The molecule has 116 valence electrons. The number of thiazole rings is 1. The molecule has 3 heterocycles. The number of nitrogens with one attached hydrogen (secondary N) is 3. The van der Waals surface area contributed by atoms with Crippen LogP contribution in [-0.2, 0) is 6.42 Å². The van der Waals surface area contributed by atoms with E-state index in [1.807, 2.05) is 24.4 Å². The molecule has 0 unspecified atom stereocenters. The first-order valence-electron chi connectivity index (χ1n) is 7.37. The van der Waals surface area contributed by atoms with Crippen LogP contribution in [0.4, 0.5) is 5.13 Å². The Morgan fingerprint density at radius 2 is 2.22 bits per heavy atom. The third kappa shape index (κ3) is 2.59. The van der Waals surface area contributed by atoms with E-state index >= 15 is 0 Å². The number of anilines is 1. The van der Waals surface area contributed by atoms with Crippen molar-refractivity contribution in [3.63, 3.8) is 0 Å². The highest BCUT2D eigenvalue weighted by atomic mass is 32.1. The Kier molecular flexibility index (Phi) is 3.34. The summed E-state index contributed by atoms with van der Waals surface area (Å²) < 4.78 is 0. The summed E-state index contributed by atoms with van der Waals surface area (Å²) in [5.74, 6) is -0.332. The predicted molar refractivity (Wildman–Crippen MR) is 89.0 cm³/mol. The highest BCUT2D eigenvalue weighted by Gasteiger charge is 2.21. The molecule has 1 aliphatic rings. The number of carbonyl (C=O) groups excluding carboxylic acids is 2. The minimum absolute atomic E-state index is 0.107. The lowest BCUT2D eigenvalue weighted by Crippen LogP contribution is -2.21. The molecule has 6 nitrogen and oxygen atoms in total. The molecule has 1 aromatic carbocycles. The van der Waals surface area contributed by atoms with Crippen molar-refractivity contribution in [3.8, 4) is 0 Å². The maximum atomic E-state index is 12.4. The number of hydrogen-bond donors (Lipinski definition) is 3. The molecular weight excluding hydrogens is 312 g/mol. The lowest BCUT2D eigenvalue weighted by atomic mass is 10.1. The summed E-state index contributed by atoms with van der Waals surface area (Å²) in [5.41, 5.74) is 2.31. The lowest BCUT2D eigenvalue weighted by molar-refractivity contribution is 0.0958. The van der Waals surface area contributed by atoms with E-state index in [-0.39, 0.29) is 11.8 Å². The molecule has 0 radical (unpaired) electrons. The summed E-state index contributed by atoms with van der Waals surface area (Å²) in [6, 6.07) is 7.38. The zero-order valence-electron chi connectivity index (χ0n) is 12.2. The van der Waals surface area contributed by atoms with Gasteiger partial charge in [0.25, 0.3) is 11.8 Å². The van der Waals surface area contributed by atoms with Gasteiger partial charge in [-0.3, -0.25) is 14.9 Å². The summed E-state index contributed by atoms with van der Waals surface area (Å²) in [7, 11) is 0. The maximum Gasteiger partial charge on any atom is 0.263 e. The van der Waals surface area contributed by atoms with Crippen molar-refractivity contribution in [2.45, 2.75) is 12.8 Å². The number of amides is 2. The van der Waals surface area contributed by atoms with Gasteiger partial charge in [-0.15, -0.1) is 0 Å². The van der Waals surface area contributed by atoms with Gasteiger partial charge in [-0.05, 0) is 37.1 Å². The topological polar surface area (TPSA) is 86.9 Å². The van der Waals surface area contributed by atoms with Crippen LogP contribution in [0.3, 0.4) is 0 Å². The van der Waals surface area contributed by atoms with Crippen molar-refractivity contribution in [1.29, 1.82) is 0 Å². The lowest BCUT2D eigenvalue weighted by Gasteiger charge is -2.02. The van der Waals surface area contributed by atoms with Crippen LogP contribution in [0.5, 0.6) is 0 Å². The van der Waals surface area contributed by atoms with Crippen LogP contribution in [0.1, 0.15) is 32.1 Å². The molecule has 3 N–H and O–H groups in total. The molecule has 3 aromatic rings. The zero-order chi connectivity index (χ0) is 15.8. The van der Waals surface area contributed by atoms with Crippen LogP contribution in [0, 0.1) is 0 Å². The number of hydrogen-bond acceptors (Lipinski definition) is 4. The number of carbonyl (C=O) groups is 2. The smallest absolute Gasteiger partial charge is 0.263 e. The van der Waals surface area contributed by atoms with Crippen LogP contribution in [0.2, 0.25) is 0 Å². The molecule has 0 bridgehead atoms. The number of rotatable bonds is 2. The van der Waals surface area contributed by atoms with Crippen molar-refractivity contribution < 1.29 is 9.59 Å². The summed E-state index contributed by atoms with van der Waals surface area (Å²) in [5, 5.41) is 7.07. The van der Waals surface area contributed by atoms with Gasteiger partial charge >= 0.3 is 0 Å². The molecule has 0 aliphatic carbocycles. The monoisotopic (exact) mass is 326 g/mol. The molecule has 0 saturated carbocycles. The Hall–Kier alpha value is -2.67. The van der Waals surface area contributed by atoms with Crippen molar-refractivity contribution in [2.75, 3.05) is 11.9 Å².